The molecule has 1 N–H and O–H groups in total. The van der Waals surface area contributed by atoms with Crippen molar-refractivity contribution < 1.29 is 17.2 Å². The van der Waals surface area contributed by atoms with E-state index in [1.807, 2.05) is 6.07 Å². The highest BCUT2D eigenvalue weighted by Gasteiger charge is 2.47. The molecule has 0 saturated heterocycles. The Bertz CT molecular complexity index is 1490. The molecule has 5 rings (SSSR count). The third-order valence-corrected chi connectivity index (χ3v) is 9.42. The summed E-state index contributed by atoms with van der Waals surface area (Å²) in [6.07, 6.45) is 2.50. The summed E-state index contributed by atoms with van der Waals surface area (Å²) in [4.78, 5) is -0.0215. The Morgan fingerprint density at radius 2 is 2.06 bits per heavy atom. The van der Waals surface area contributed by atoms with Gasteiger partial charge in [0.25, 0.3) is 6.43 Å². The van der Waals surface area contributed by atoms with Gasteiger partial charge in [0.05, 0.1) is 22.7 Å². The Hall–Kier alpha value is -2.44. The minimum absolute atomic E-state index is 0.0215. The lowest BCUT2D eigenvalue weighted by molar-refractivity contribution is 0.150. The number of nitrogens with one attached hydrogen (secondary N) is 1. The minimum Gasteiger partial charge on any atom is -0.246 e. The minimum atomic E-state index is -4.04. The van der Waals surface area contributed by atoms with E-state index in [-0.39, 0.29) is 10.0 Å². The van der Waals surface area contributed by atoms with Crippen molar-refractivity contribution in [2.45, 2.75) is 55.2 Å². The van der Waals surface area contributed by atoms with Crippen molar-refractivity contribution in [2.24, 2.45) is 0 Å². The first-order chi connectivity index (χ1) is 17.1. The molecular weight excluding hydrogens is 528 g/mol. The normalized spacial score (nSPS) is 18.1. The van der Waals surface area contributed by atoms with Crippen LogP contribution in [0.1, 0.15) is 50.1 Å². The molecule has 0 atom stereocenters. The summed E-state index contributed by atoms with van der Waals surface area (Å²) in [5.74, 6) is 0. The number of sulfonamides is 1. The van der Waals surface area contributed by atoms with Gasteiger partial charge in [0.1, 0.15) is 5.54 Å². The van der Waals surface area contributed by atoms with Crippen LogP contribution in [-0.2, 0) is 10.0 Å². The summed E-state index contributed by atoms with van der Waals surface area (Å²) in [7, 11) is -4.04. The van der Waals surface area contributed by atoms with Crippen molar-refractivity contribution in [2.75, 3.05) is 13.1 Å². The molecule has 1 aliphatic carbocycles. The number of nitriles is 1. The van der Waals surface area contributed by atoms with Crippen molar-refractivity contribution in [3.63, 3.8) is 0 Å². The van der Waals surface area contributed by atoms with Gasteiger partial charge >= 0.3 is 0 Å². The van der Waals surface area contributed by atoms with Crippen molar-refractivity contribution >= 4 is 49.8 Å². The summed E-state index contributed by atoms with van der Waals surface area (Å²) < 4.78 is 59.0. The average molecular weight is 552 g/mol. The lowest BCUT2D eigenvalue weighted by atomic mass is 9.97. The fourth-order valence-electron chi connectivity index (χ4n) is 4.04. The number of nitrogens with zero attached hydrogens (tertiary/aromatic N) is 6. The monoisotopic (exact) mass is 551 g/mol. The molecule has 2 aromatic heterocycles. The van der Waals surface area contributed by atoms with E-state index < -0.39 is 27.0 Å². The van der Waals surface area contributed by atoms with Gasteiger partial charge in [0, 0.05) is 23.7 Å². The zero-order valence-corrected chi connectivity index (χ0v) is 21.9. The summed E-state index contributed by atoms with van der Waals surface area (Å²) in [6, 6.07) is 5.09. The van der Waals surface area contributed by atoms with Gasteiger partial charge < -0.3 is 0 Å². The van der Waals surface area contributed by atoms with Crippen molar-refractivity contribution in [3.05, 3.63) is 35.0 Å². The van der Waals surface area contributed by atoms with E-state index in [0.29, 0.717) is 58.9 Å². The molecule has 0 amide bonds. The first kappa shape index (κ1) is 25.2. The Morgan fingerprint density at radius 1 is 1.28 bits per heavy atom. The van der Waals surface area contributed by atoms with Crippen LogP contribution in [0.15, 0.2) is 29.3 Å². The number of aromatic nitrogens is 4. The largest absolute Gasteiger partial charge is 0.291 e. The zero-order valence-electron chi connectivity index (χ0n) is 19.5. The van der Waals surface area contributed by atoms with Gasteiger partial charge in [-0.25, -0.2) is 26.2 Å². The molecule has 0 radical (unpaired) electrons. The molecule has 0 spiro atoms. The molecule has 2 aliphatic rings. The predicted octanol–water partition coefficient (Wildman–Crippen LogP) is 4.29. The highest BCUT2D eigenvalue weighted by atomic mass is 32.2. The van der Waals surface area contributed by atoms with Crippen LogP contribution in [0.4, 0.5) is 8.78 Å². The van der Waals surface area contributed by atoms with Gasteiger partial charge in [0.15, 0.2) is 5.01 Å². The van der Waals surface area contributed by atoms with Crippen LogP contribution >= 0.6 is 23.3 Å². The molecule has 1 aromatic carbocycles. The molecule has 14 heteroatoms. The molecule has 0 unspecified atom stereocenters. The lowest BCUT2D eigenvalue weighted by Crippen LogP contribution is -2.35. The first-order valence-corrected chi connectivity index (χ1v) is 14.4. The third-order valence-electron chi connectivity index (χ3n) is 5.94. The number of fused-ring (bicyclic) bond motifs is 1. The Balaban J connectivity index is 1.62. The second-order valence-electron chi connectivity index (χ2n) is 9.00. The molecule has 0 bridgehead atoms. The van der Waals surface area contributed by atoms with Crippen LogP contribution in [0.25, 0.3) is 21.6 Å². The Labute approximate surface area is 215 Å². The molecule has 36 heavy (non-hydrogen) atoms. The fraction of sp³-hybridized carbons (Fsp3) is 0.455. The topological polar surface area (TPSA) is 117 Å². The molecule has 1 saturated carbocycles. The van der Waals surface area contributed by atoms with Gasteiger partial charge in [-0.1, -0.05) is 43.2 Å². The SMILES string of the molecule is CC(C)SN1CC=C(c2cc(S(=O)(=O)NC3(C#N)CC3)cc3c2cnn3-c2nnc(C(F)F)s2)CC1. The molecule has 190 valence electrons. The van der Waals surface area contributed by atoms with E-state index >= 15 is 0 Å². The van der Waals surface area contributed by atoms with E-state index in [4.69, 9.17) is 0 Å². The molecule has 3 heterocycles. The van der Waals surface area contributed by atoms with Crippen molar-refractivity contribution in [3.8, 4) is 11.2 Å². The van der Waals surface area contributed by atoms with Gasteiger partial charge in [-0.05, 0) is 42.5 Å². The van der Waals surface area contributed by atoms with E-state index in [9.17, 15) is 22.5 Å². The summed E-state index contributed by atoms with van der Waals surface area (Å²) in [5.41, 5.74) is 1.00. The zero-order chi connectivity index (χ0) is 25.7. The third kappa shape index (κ3) is 4.90. The van der Waals surface area contributed by atoms with E-state index in [1.54, 1.807) is 24.2 Å². The van der Waals surface area contributed by atoms with Gasteiger partial charge in [-0.2, -0.15) is 15.1 Å². The predicted molar refractivity (Wildman–Crippen MR) is 134 cm³/mol. The standard InChI is InChI=1S/C22H23F2N7O2S3/c1-13(2)35-30-7-3-14(4-8-30)16-9-15(36(32,33)29-22(12-25)5-6-22)10-18-17(16)11-26-31(18)21-28-27-20(34-21)19(23)24/h3,9-11,13,19,29H,4-8H2,1-2H3. The number of rotatable bonds is 8. The van der Waals surface area contributed by atoms with Crippen molar-refractivity contribution in [1.29, 1.82) is 5.26 Å². The van der Waals surface area contributed by atoms with Gasteiger partial charge in [-0.3, -0.25) is 0 Å². The molecular formula is C22H23F2N7O2S3. The van der Waals surface area contributed by atoms with Gasteiger partial charge in [0.2, 0.25) is 15.2 Å². The van der Waals surface area contributed by atoms with Crippen LogP contribution < -0.4 is 4.72 Å². The van der Waals surface area contributed by atoms with Crippen LogP contribution in [0.5, 0.6) is 0 Å². The highest BCUT2D eigenvalue weighted by Crippen LogP contribution is 2.38. The van der Waals surface area contributed by atoms with Gasteiger partial charge in [-0.15, -0.1) is 10.2 Å². The summed E-state index contributed by atoms with van der Waals surface area (Å²) in [6.45, 7) is 5.76. The number of alkyl halides is 2. The molecule has 1 aliphatic heterocycles. The average Bonchev–Trinajstić information content (AvgIpc) is 3.22. The van der Waals surface area contributed by atoms with E-state index in [2.05, 4.69) is 44.2 Å². The quantitative estimate of drug-likeness (QED) is 0.412. The first-order valence-electron chi connectivity index (χ1n) is 11.3. The summed E-state index contributed by atoms with van der Waals surface area (Å²) >= 11 is 2.46. The number of benzene rings is 1. The molecule has 3 aromatic rings. The lowest BCUT2D eigenvalue weighted by Gasteiger charge is -2.27. The maximum absolute atomic E-state index is 13.3. The number of hydrogen-bond donors (Lipinski definition) is 1. The smallest absolute Gasteiger partial charge is 0.246 e. The van der Waals surface area contributed by atoms with Crippen LogP contribution in [0, 0.1) is 11.3 Å². The number of halogens is 2. The summed E-state index contributed by atoms with van der Waals surface area (Å²) in [5, 5.41) is 21.9. The fourth-order valence-corrected chi connectivity index (χ4v) is 7.09. The van der Waals surface area contributed by atoms with Crippen molar-refractivity contribution in [1.82, 2.24) is 29.0 Å². The Kier molecular flexibility index (Phi) is 6.63. The highest BCUT2D eigenvalue weighted by molar-refractivity contribution is 7.97. The van der Waals surface area contributed by atoms with E-state index in [0.717, 1.165) is 12.1 Å². The second kappa shape index (κ2) is 9.46. The maximum atomic E-state index is 13.3. The van der Waals surface area contributed by atoms with Crippen LogP contribution in [0.2, 0.25) is 0 Å². The second-order valence-corrected chi connectivity index (χ2v) is 13.3. The number of hydrogen-bond acceptors (Lipinski definition) is 9. The molecule has 1 fully saturated rings. The van der Waals surface area contributed by atoms with E-state index in [1.165, 1.54) is 10.7 Å². The Morgan fingerprint density at radius 3 is 2.64 bits per heavy atom. The molecule has 9 nitrogen and oxygen atoms in total. The van der Waals surface area contributed by atoms with Crippen LogP contribution in [0.3, 0.4) is 0 Å². The van der Waals surface area contributed by atoms with Crippen LogP contribution in [-0.4, -0.2) is 56.6 Å². The maximum Gasteiger partial charge on any atom is 0.291 e.